The van der Waals surface area contributed by atoms with Crippen molar-refractivity contribution in [3.05, 3.63) is 22.8 Å². The lowest BCUT2D eigenvalue weighted by atomic mass is 10.1. The third-order valence-corrected chi connectivity index (χ3v) is 3.31. The number of rotatable bonds is 6. The molecule has 7 heteroatoms. The third-order valence-electron chi connectivity index (χ3n) is 2.59. The second kappa shape index (κ2) is 6.12. The van der Waals surface area contributed by atoms with Gasteiger partial charge in [-0.1, -0.05) is 19.0 Å². The molecule has 6 nitrogen and oxygen atoms in total. The van der Waals surface area contributed by atoms with Gasteiger partial charge in [-0.25, -0.2) is 4.98 Å². The molecule has 2 N–H and O–H groups in total. The van der Waals surface area contributed by atoms with Gasteiger partial charge in [-0.05, 0) is 12.8 Å². The maximum atomic E-state index is 5.64. The number of anilines is 1. The first-order chi connectivity index (χ1) is 9.10. The number of hydrogen-bond donors (Lipinski definition) is 1. The minimum atomic E-state index is -0.136. The van der Waals surface area contributed by atoms with Crippen molar-refractivity contribution >= 4 is 16.5 Å². The number of hydrogen-bond acceptors (Lipinski definition) is 7. The van der Waals surface area contributed by atoms with Crippen LogP contribution < -0.4 is 5.73 Å². The van der Waals surface area contributed by atoms with Crippen molar-refractivity contribution in [2.24, 2.45) is 5.92 Å². The summed E-state index contributed by atoms with van der Waals surface area (Å²) in [5.74, 6) is 1.42. The molecule has 0 bridgehead atoms. The molecule has 0 spiro atoms. The highest BCUT2D eigenvalue weighted by Gasteiger charge is 2.22. The van der Waals surface area contributed by atoms with Crippen LogP contribution in [0, 0.1) is 5.92 Å². The number of aromatic nitrogens is 3. The van der Waals surface area contributed by atoms with Crippen LogP contribution in [-0.4, -0.2) is 21.7 Å². The van der Waals surface area contributed by atoms with E-state index in [9.17, 15) is 0 Å². The lowest BCUT2D eigenvalue weighted by Crippen LogP contribution is -2.12. The minimum Gasteiger partial charge on any atom is -0.375 e. The molecule has 0 aliphatic carbocycles. The molecule has 0 amide bonds. The molecule has 2 aromatic rings. The first kappa shape index (κ1) is 14.0. The molecule has 0 aromatic carbocycles. The Bertz CT molecular complexity index is 523. The molecule has 0 saturated carbocycles. The smallest absolute Gasteiger partial charge is 0.232 e. The van der Waals surface area contributed by atoms with E-state index < -0.39 is 0 Å². The summed E-state index contributed by atoms with van der Waals surface area (Å²) >= 11 is 1.40. The number of nitrogens with zero attached hydrogens (tertiary/aromatic N) is 3. The predicted octanol–water partition coefficient (Wildman–Crippen LogP) is 2.43. The van der Waals surface area contributed by atoms with Crippen LogP contribution in [0.1, 0.15) is 44.3 Å². The Morgan fingerprint density at radius 1 is 1.42 bits per heavy atom. The Morgan fingerprint density at radius 2 is 2.21 bits per heavy atom. The summed E-state index contributed by atoms with van der Waals surface area (Å²) in [6.45, 7) is 6.71. The highest BCUT2D eigenvalue weighted by atomic mass is 32.1. The molecular formula is C12H18N4O2S. The molecule has 0 aliphatic rings. The summed E-state index contributed by atoms with van der Waals surface area (Å²) < 4.78 is 10.9. The fourth-order valence-electron chi connectivity index (χ4n) is 1.76. The second-order valence-electron chi connectivity index (χ2n) is 4.52. The van der Waals surface area contributed by atoms with Crippen LogP contribution in [0.4, 0.5) is 5.13 Å². The van der Waals surface area contributed by atoms with Crippen LogP contribution >= 0.6 is 11.3 Å². The van der Waals surface area contributed by atoms with E-state index in [1.807, 2.05) is 12.3 Å². The summed E-state index contributed by atoms with van der Waals surface area (Å²) in [6.07, 6.45) is 0.362. The zero-order valence-corrected chi connectivity index (χ0v) is 12.1. The number of ether oxygens (including phenoxy) is 1. The molecule has 0 fully saturated rings. The van der Waals surface area contributed by atoms with Gasteiger partial charge in [0.2, 0.25) is 11.7 Å². The summed E-state index contributed by atoms with van der Waals surface area (Å²) in [5.41, 5.74) is 6.43. The average molecular weight is 282 g/mol. The zero-order chi connectivity index (χ0) is 13.8. The maximum Gasteiger partial charge on any atom is 0.232 e. The van der Waals surface area contributed by atoms with Gasteiger partial charge in [0.1, 0.15) is 6.10 Å². The van der Waals surface area contributed by atoms with Crippen LogP contribution in [0.5, 0.6) is 0 Å². The Kier molecular flexibility index (Phi) is 4.49. The highest BCUT2D eigenvalue weighted by Crippen LogP contribution is 2.24. The van der Waals surface area contributed by atoms with Gasteiger partial charge in [0, 0.05) is 12.0 Å². The number of nitrogen functional groups attached to an aromatic ring is 1. The Morgan fingerprint density at radius 3 is 2.79 bits per heavy atom. The van der Waals surface area contributed by atoms with E-state index in [-0.39, 0.29) is 6.10 Å². The van der Waals surface area contributed by atoms with Crippen LogP contribution in [-0.2, 0) is 11.2 Å². The van der Waals surface area contributed by atoms with Gasteiger partial charge in [0.15, 0.2) is 5.13 Å². The summed E-state index contributed by atoms with van der Waals surface area (Å²) in [6, 6.07) is 0. The average Bonchev–Trinajstić information content (AvgIpc) is 2.96. The summed E-state index contributed by atoms with van der Waals surface area (Å²) in [5, 5.41) is 6.43. The molecule has 19 heavy (non-hydrogen) atoms. The van der Waals surface area contributed by atoms with Crippen molar-refractivity contribution in [2.75, 3.05) is 12.3 Å². The van der Waals surface area contributed by atoms with Crippen LogP contribution in [0.2, 0.25) is 0 Å². The van der Waals surface area contributed by atoms with Crippen LogP contribution in [0.3, 0.4) is 0 Å². The monoisotopic (exact) mass is 282 g/mol. The Labute approximate surface area is 116 Å². The van der Waals surface area contributed by atoms with E-state index in [4.69, 9.17) is 15.0 Å². The van der Waals surface area contributed by atoms with E-state index in [0.29, 0.717) is 35.8 Å². The molecule has 104 valence electrons. The first-order valence-corrected chi connectivity index (χ1v) is 7.12. The van der Waals surface area contributed by atoms with Crippen molar-refractivity contribution in [1.29, 1.82) is 0 Å². The van der Waals surface area contributed by atoms with Crippen molar-refractivity contribution in [3.63, 3.8) is 0 Å². The minimum absolute atomic E-state index is 0.136. The molecular weight excluding hydrogens is 264 g/mol. The van der Waals surface area contributed by atoms with E-state index in [0.717, 1.165) is 5.69 Å². The van der Waals surface area contributed by atoms with Crippen molar-refractivity contribution in [2.45, 2.75) is 33.3 Å². The lowest BCUT2D eigenvalue weighted by molar-refractivity contribution is 0.0217. The van der Waals surface area contributed by atoms with Gasteiger partial charge in [-0.3, -0.25) is 0 Å². The van der Waals surface area contributed by atoms with E-state index in [1.165, 1.54) is 11.3 Å². The van der Waals surface area contributed by atoms with Crippen molar-refractivity contribution in [3.8, 4) is 0 Å². The zero-order valence-electron chi connectivity index (χ0n) is 11.3. The van der Waals surface area contributed by atoms with Gasteiger partial charge in [-0.15, -0.1) is 11.3 Å². The first-order valence-electron chi connectivity index (χ1n) is 6.24. The van der Waals surface area contributed by atoms with Gasteiger partial charge < -0.3 is 15.0 Å². The molecule has 0 aliphatic heterocycles. The van der Waals surface area contributed by atoms with Gasteiger partial charge in [0.25, 0.3) is 0 Å². The fourth-order valence-corrected chi connectivity index (χ4v) is 2.32. The quantitative estimate of drug-likeness (QED) is 0.875. The van der Waals surface area contributed by atoms with Crippen LogP contribution in [0.25, 0.3) is 0 Å². The van der Waals surface area contributed by atoms with Crippen molar-refractivity contribution in [1.82, 2.24) is 15.1 Å². The molecule has 2 rings (SSSR count). The standard InChI is InChI=1S/C12H18N4O2S/c1-4-17-10(7(2)3)11-15-9(18-16-11)5-8-6-19-12(13)14-8/h6-7,10H,4-5H2,1-3H3,(H2,13,14). The summed E-state index contributed by atoms with van der Waals surface area (Å²) in [7, 11) is 0. The van der Waals surface area contributed by atoms with Gasteiger partial charge in [-0.2, -0.15) is 4.98 Å². The molecule has 1 atom stereocenters. The Hall–Kier alpha value is -1.47. The normalized spacial score (nSPS) is 13.1. The molecule has 0 saturated heterocycles. The fraction of sp³-hybridized carbons (Fsp3) is 0.583. The summed E-state index contributed by atoms with van der Waals surface area (Å²) in [4.78, 5) is 8.54. The molecule has 0 radical (unpaired) electrons. The largest absolute Gasteiger partial charge is 0.375 e. The Balaban J connectivity index is 2.09. The van der Waals surface area contributed by atoms with Crippen LogP contribution in [0.15, 0.2) is 9.90 Å². The van der Waals surface area contributed by atoms with E-state index in [1.54, 1.807) is 0 Å². The SMILES string of the molecule is CCOC(c1noc(Cc2csc(N)n2)n1)C(C)C. The number of nitrogens with two attached hydrogens (primary N) is 1. The lowest BCUT2D eigenvalue weighted by Gasteiger charge is -2.16. The van der Waals surface area contributed by atoms with E-state index >= 15 is 0 Å². The predicted molar refractivity (Wildman–Crippen MR) is 72.8 cm³/mol. The molecule has 2 heterocycles. The van der Waals surface area contributed by atoms with Crippen molar-refractivity contribution < 1.29 is 9.26 Å². The topological polar surface area (TPSA) is 87.1 Å². The highest BCUT2D eigenvalue weighted by molar-refractivity contribution is 7.13. The molecule has 1 unspecified atom stereocenters. The third kappa shape index (κ3) is 3.51. The van der Waals surface area contributed by atoms with Gasteiger partial charge >= 0.3 is 0 Å². The van der Waals surface area contributed by atoms with Gasteiger partial charge in [0.05, 0.1) is 12.1 Å². The van der Waals surface area contributed by atoms with E-state index in [2.05, 4.69) is 29.0 Å². The second-order valence-corrected chi connectivity index (χ2v) is 5.41. The maximum absolute atomic E-state index is 5.64. The number of thiazole rings is 1. The molecule has 2 aromatic heterocycles.